The minimum atomic E-state index is -3.12. The van der Waals surface area contributed by atoms with Crippen LogP contribution in [0.2, 0.25) is 0 Å². The van der Waals surface area contributed by atoms with E-state index in [1.165, 1.54) is 0 Å². The second kappa shape index (κ2) is 6.32. The van der Waals surface area contributed by atoms with E-state index >= 15 is 0 Å². The molecule has 6 heteroatoms. The van der Waals surface area contributed by atoms with E-state index < -0.39 is 9.84 Å². The summed E-state index contributed by atoms with van der Waals surface area (Å²) in [5.74, 6) is -0.0959. The fourth-order valence-corrected chi connectivity index (χ4v) is 5.66. The first-order chi connectivity index (χ1) is 10.5. The van der Waals surface area contributed by atoms with Crippen molar-refractivity contribution in [3.63, 3.8) is 0 Å². The molecule has 120 valence electrons. The summed E-state index contributed by atoms with van der Waals surface area (Å²) >= 11 is 3.43. The van der Waals surface area contributed by atoms with Crippen molar-refractivity contribution in [2.45, 2.75) is 43.8 Å². The third-order valence-corrected chi connectivity index (χ3v) is 7.40. The number of halogens is 1. The van der Waals surface area contributed by atoms with E-state index in [9.17, 15) is 13.2 Å². The van der Waals surface area contributed by atoms with Gasteiger partial charge >= 0.3 is 0 Å². The summed E-state index contributed by atoms with van der Waals surface area (Å²) in [6.07, 6.45) is 4.43. The Bertz CT molecular complexity index is 681. The van der Waals surface area contributed by atoms with Crippen LogP contribution in [-0.2, 0) is 21.1 Å². The van der Waals surface area contributed by atoms with Gasteiger partial charge in [0, 0.05) is 23.1 Å². The Kier molecular flexibility index (Phi) is 4.59. The van der Waals surface area contributed by atoms with Crippen LogP contribution in [0.1, 0.15) is 37.7 Å². The zero-order chi connectivity index (χ0) is 15.7. The second-order valence-electron chi connectivity index (χ2n) is 6.09. The highest BCUT2D eigenvalue weighted by molar-refractivity contribution is 9.10. The Hall–Kier alpha value is -0.880. The Morgan fingerprint density at radius 2 is 2.00 bits per heavy atom. The molecule has 0 N–H and O–H groups in total. The van der Waals surface area contributed by atoms with Gasteiger partial charge in [-0.05, 0) is 43.0 Å². The quantitative estimate of drug-likeness (QED) is 0.799. The highest BCUT2D eigenvalue weighted by atomic mass is 79.9. The van der Waals surface area contributed by atoms with Gasteiger partial charge in [-0.25, -0.2) is 8.42 Å². The van der Waals surface area contributed by atoms with Crippen LogP contribution in [0.5, 0.6) is 0 Å². The van der Waals surface area contributed by atoms with Gasteiger partial charge in [0.1, 0.15) is 0 Å². The van der Waals surface area contributed by atoms with E-state index in [1.54, 1.807) is 4.90 Å². The van der Waals surface area contributed by atoms with E-state index in [0.29, 0.717) is 6.54 Å². The predicted octanol–water partition coefficient (Wildman–Crippen LogP) is 3.09. The van der Waals surface area contributed by atoms with Crippen LogP contribution < -0.4 is 4.90 Å². The number of anilines is 1. The van der Waals surface area contributed by atoms with Crippen molar-refractivity contribution in [2.75, 3.05) is 17.2 Å². The van der Waals surface area contributed by atoms with Crippen molar-refractivity contribution in [1.82, 2.24) is 0 Å². The number of hydrogen-bond acceptors (Lipinski definition) is 3. The van der Waals surface area contributed by atoms with Gasteiger partial charge in [0.2, 0.25) is 5.91 Å². The first kappa shape index (κ1) is 16.0. The van der Waals surface area contributed by atoms with Crippen molar-refractivity contribution >= 4 is 37.4 Å². The molecule has 0 radical (unpaired) electrons. The molecular formula is C16H20BrNO3S. The van der Waals surface area contributed by atoms with Crippen molar-refractivity contribution in [2.24, 2.45) is 0 Å². The lowest BCUT2D eigenvalue weighted by molar-refractivity contribution is -0.118. The van der Waals surface area contributed by atoms with Crippen molar-refractivity contribution < 1.29 is 13.2 Å². The minimum absolute atomic E-state index is 0.0150. The summed E-state index contributed by atoms with van der Waals surface area (Å²) in [6.45, 7) is 0.647. The summed E-state index contributed by atoms with van der Waals surface area (Å²) in [7, 11) is -3.12. The van der Waals surface area contributed by atoms with Gasteiger partial charge in [-0.3, -0.25) is 4.79 Å². The average Bonchev–Trinajstić information content (AvgIpc) is 3.14. The lowest BCUT2D eigenvalue weighted by Gasteiger charge is -2.18. The largest absolute Gasteiger partial charge is 0.312 e. The Morgan fingerprint density at radius 3 is 2.73 bits per heavy atom. The van der Waals surface area contributed by atoms with Gasteiger partial charge in [-0.1, -0.05) is 28.8 Å². The normalized spacial score (nSPS) is 18.7. The molecule has 0 spiro atoms. The van der Waals surface area contributed by atoms with E-state index in [1.807, 2.05) is 18.2 Å². The number of carbonyl (C=O) groups excluding carboxylic acids is 1. The smallest absolute Gasteiger partial charge is 0.228 e. The van der Waals surface area contributed by atoms with Crippen LogP contribution in [0.4, 0.5) is 5.69 Å². The molecule has 4 nitrogen and oxygen atoms in total. The van der Waals surface area contributed by atoms with Crippen LogP contribution in [-0.4, -0.2) is 31.9 Å². The number of carbonyl (C=O) groups is 1. The molecular weight excluding hydrogens is 366 g/mol. The van der Waals surface area contributed by atoms with Crippen molar-refractivity contribution in [3.8, 4) is 0 Å². The molecule has 1 aliphatic carbocycles. The predicted molar refractivity (Wildman–Crippen MR) is 90.9 cm³/mol. The van der Waals surface area contributed by atoms with Crippen molar-refractivity contribution in [3.05, 3.63) is 28.2 Å². The number of benzene rings is 1. The molecule has 0 saturated heterocycles. The number of sulfone groups is 1. The molecule has 1 fully saturated rings. The van der Waals surface area contributed by atoms with E-state index in [0.717, 1.165) is 47.8 Å². The van der Waals surface area contributed by atoms with Crippen LogP contribution >= 0.6 is 15.9 Å². The maximum atomic E-state index is 12.4. The molecule has 1 heterocycles. The third kappa shape index (κ3) is 3.23. The lowest BCUT2D eigenvalue weighted by Crippen LogP contribution is -2.32. The maximum Gasteiger partial charge on any atom is 0.228 e. The molecule has 0 atom stereocenters. The highest BCUT2D eigenvalue weighted by Crippen LogP contribution is 2.31. The number of fused-ring (bicyclic) bond motifs is 1. The van der Waals surface area contributed by atoms with Crippen LogP contribution in [0, 0.1) is 0 Å². The van der Waals surface area contributed by atoms with Crippen LogP contribution in [0.3, 0.4) is 0 Å². The summed E-state index contributed by atoms with van der Waals surface area (Å²) < 4.78 is 25.5. The number of amides is 1. The van der Waals surface area contributed by atoms with E-state index in [-0.39, 0.29) is 23.3 Å². The fraction of sp³-hybridized carbons (Fsp3) is 0.562. The summed E-state index contributed by atoms with van der Waals surface area (Å²) in [5.41, 5.74) is 2.06. The summed E-state index contributed by atoms with van der Waals surface area (Å²) in [5, 5.41) is -0.220. The molecule has 0 bridgehead atoms. The lowest BCUT2D eigenvalue weighted by atomic mass is 10.2. The Morgan fingerprint density at radius 1 is 1.27 bits per heavy atom. The molecule has 0 unspecified atom stereocenters. The zero-order valence-electron chi connectivity index (χ0n) is 12.4. The molecule has 0 aromatic heterocycles. The second-order valence-corrected chi connectivity index (χ2v) is 9.41. The van der Waals surface area contributed by atoms with Crippen LogP contribution in [0.25, 0.3) is 0 Å². The van der Waals surface area contributed by atoms with Gasteiger partial charge in [-0.15, -0.1) is 0 Å². The first-order valence-corrected chi connectivity index (χ1v) is 10.3. The monoisotopic (exact) mass is 385 g/mol. The van der Waals surface area contributed by atoms with E-state index in [2.05, 4.69) is 15.9 Å². The van der Waals surface area contributed by atoms with Crippen molar-refractivity contribution in [1.29, 1.82) is 0 Å². The molecule has 1 aromatic rings. The average molecular weight is 386 g/mol. The van der Waals surface area contributed by atoms with Gasteiger partial charge in [-0.2, -0.15) is 0 Å². The zero-order valence-corrected chi connectivity index (χ0v) is 14.8. The third-order valence-electron chi connectivity index (χ3n) is 4.65. The minimum Gasteiger partial charge on any atom is -0.312 e. The van der Waals surface area contributed by atoms with Gasteiger partial charge in [0.05, 0.1) is 11.0 Å². The number of hydrogen-bond donors (Lipinski definition) is 0. The molecule has 1 aliphatic heterocycles. The standard InChI is InChI=1S/C16H20BrNO3S/c17-13-5-6-15-12(11-13)7-9-18(15)16(19)8-10-22(20,21)14-3-1-2-4-14/h5-6,11,14H,1-4,7-10H2. The molecule has 3 rings (SSSR count). The molecule has 1 aromatic carbocycles. The fourth-order valence-electron chi connectivity index (χ4n) is 3.41. The molecule has 1 amide bonds. The molecule has 2 aliphatic rings. The molecule has 1 saturated carbocycles. The highest BCUT2D eigenvalue weighted by Gasteiger charge is 2.31. The first-order valence-electron chi connectivity index (χ1n) is 7.78. The number of rotatable bonds is 4. The summed E-state index contributed by atoms with van der Waals surface area (Å²) in [4.78, 5) is 14.1. The maximum absolute atomic E-state index is 12.4. The van der Waals surface area contributed by atoms with Crippen LogP contribution in [0.15, 0.2) is 22.7 Å². The Balaban J connectivity index is 1.64. The van der Waals surface area contributed by atoms with Gasteiger partial charge < -0.3 is 4.90 Å². The van der Waals surface area contributed by atoms with E-state index in [4.69, 9.17) is 0 Å². The van der Waals surface area contributed by atoms with Gasteiger partial charge in [0.25, 0.3) is 0 Å². The SMILES string of the molecule is O=C(CCS(=O)(=O)C1CCCC1)N1CCc2cc(Br)ccc21. The summed E-state index contributed by atoms with van der Waals surface area (Å²) in [6, 6.07) is 5.87. The topological polar surface area (TPSA) is 54.5 Å². The number of nitrogens with zero attached hydrogens (tertiary/aromatic N) is 1. The van der Waals surface area contributed by atoms with Gasteiger partial charge in [0.15, 0.2) is 9.84 Å². The molecule has 22 heavy (non-hydrogen) atoms. The Labute approximate surface area is 139 Å².